The Balaban J connectivity index is 2.46. The van der Waals surface area contributed by atoms with Crippen LogP contribution in [0.15, 0.2) is 6.07 Å². The molecule has 5 heteroatoms. The highest BCUT2D eigenvalue weighted by atomic mass is 32.2. The van der Waals surface area contributed by atoms with Crippen molar-refractivity contribution in [3.05, 3.63) is 11.8 Å². The molecule has 4 nitrogen and oxygen atoms in total. The molecule has 0 bridgehead atoms. The van der Waals surface area contributed by atoms with Crippen molar-refractivity contribution in [1.82, 2.24) is 9.97 Å². The highest BCUT2D eigenvalue weighted by Crippen LogP contribution is 2.13. The van der Waals surface area contributed by atoms with Gasteiger partial charge in [0, 0.05) is 18.3 Å². The summed E-state index contributed by atoms with van der Waals surface area (Å²) in [6.45, 7) is 6.85. The Kier molecular flexibility index (Phi) is 6.86. The van der Waals surface area contributed by atoms with Crippen molar-refractivity contribution in [2.24, 2.45) is 0 Å². The van der Waals surface area contributed by atoms with E-state index in [1.54, 1.807) is 0 Å². The Morgan fingerprint density at radius 3 is 2.78 bits per heavy atom. The molecule has 0 saturated carbocycles. The fraction of sp³-hybridized carbons (Fsp3) is 0.692. The van der Waals surface area contributed by atoms with Gasteiger partial charge < -0.3 is 10.1 Å². The zero-order chi connectivity index (χ0) is 13.4. The lowest BCUT2D eigenvalue weighted by molar-refractivity contribution is 0.232. The number of nitrogens with zero attached hydrogens (tertiary/aromatic N) is 2. The maximum absolute atomic E-state index is 5.59. The normalized spacial score (nSPS) is 10.7. The second-order valence-electron chi connectivity index (χ2n) is 4.46. The molecule has 0 aliphatic rings. The standard InChI is InChI=1S/C13H23N3OS/c1-10(2)17-12-9-11(3)15-13(16-12)14-7-5-6-8-18-4/h9-10H,5-8H2,1-4H3,(H,14,15,16). The molecule has 0 aromatic carbocycles. The van der Waals surface area contributed by atoms with Crippen LogP contribution in [0, 0.1) is 6.92 Å². The molecule has 0 spiro atoms. The Bertz CT molecular complexity index is 358. The van der Waals surface area contributed by atoms with E-state index in [1.165, 1.54) is 12.2 Å². The SMILES string of the molecule is CSCCCCNc1nc(C)cc(OC(C)C)n1. The minimum Gasteiger partial charge on any atom is -0.475 e. The van der Waals surface area contributed by atoms with Crippen molar-refractivity contribution >= 4 is 17.7 Å². The van der Waals surface area contributed by atoms with Crippen LogP contribution in [-0.2, 0) is 0 Å². The summed E-state index contributed by atoms with van der Waals surface area (Å²) in [5.74, 6) is 2.51. The largest absolute Gasteiger partial charge is 0.475 e. The number of hydrogen-bond acceptors (Lipinski definition) is 5. The van der Waals surface area contributed by atoms with Gasteiger partial charge in [0.1, 0.15) is 0 Å². The highest BCUT2D eigenvalue weighted by molar-refractivity contribution is 7.98. The van der Waals surface area contributed by atoms with Crippen molar-refractivity contribution in [3.63, 3.8) is 0 Å². The fourth-order valence-corrected chi connectivity index (χ4v) is 1.98. The van der Waals surface area contributed by atoms with Gasteiger partial charge in [0.15, 0.2) is 0 Å². The van der Waals surface area contributed by atoms with Crippen LogP contribution >= 0.6 is 11.8 Å². The first-order valence-corrected chi connectivity index (χ1v) is 7.76. The van der Waals surface area contributed by atoms with Crippen molar-refractivity contribution in [1.29, 1.82) is 0 Å². The molecule has 0 saturated heterocycles. The van der Waals surface area contributed by atoms with Gasteiger partial charge in [-0.3, -0.25) is 0 Å². The zero-order valence-electron chi connectivity index (χ0n) is 11.7. The van der Waals surface area contributed by atoms with Crippen molar-refractivity contribution < 1.29 is 4.74 Å². The van der Waals surface area contributed by atoms with Crippen molar-refractivity contribution in [2.45, 2.75) is 39.7 Å². The third kappa shape index (κ3) is 6.10. The molecule has 1 rings (SSSR count). The van der Waals surface area contributed by atoms with Gasteiger partial charge in [-0.15, -0.1) is 0 Å². The molecule has 1 aromatic heterocycles. The second kappa shape index (κ2) is 8.19. The molecule has 1 heterocycles. The third-order valence-corrected chi connectivity index (χ3v) is 2.94. The second-order valence-corrected chi connectivity index (χ2v) is 5.45. The number of ether oxygens (including phenoxy) is 1. The summed E-state index contributed by atoms with van der Waals surface area (Å²) < 4.78 is 5.59. The van der Waals surface area contributed by atoms with Gasteiger partial charge in [0.05, 0.1) is 6.10 Å². The monoisotopic (exact) mass is 269 g/mol. The average molecular weight is 269 g/mol. The van der Waals surface area contributed by atoms with Crippen LogP contribution in [-0.4, -0.2) is 34.6 Å². The molecule has 0 aliphatic heterocycles. The van der Waals surface area contributed by atoms with Crippen LogP contribution in [0.3, 0.4) is 0 Å². The molecule has 0 unspecified atom stereocenters. The summed E-state index contributed by atoms with van der Waals surface area (Å²) >= 11 is 1.88. The van der Waals surface area contributed by atoms with E-state index in [4.69, 9.17) is 4.74 Å². The molecule has 18 heavy (non-hydrogen) atoms. The van der Waals surface area contributed by atoms with E-state index < -0.39 is 0 Å². The minimum absolute atomic E-state index is 0.133. The van der Waals surface area contributed by atoms with E-state index in [-0.39, 0.29) is 6.10 Å². The summed E-state index contributed by atoms with van der Waals surface area (Å²) in [5.41, 5.74) is 0.923. The molecule has 0 amide bonds. The van der Waals surface area contributed by atoms with E-state index in [0.29, 0.717) is 11.8 Å². The summed E-state index contributed by atoms with van der Waals surface area (Å²) in [6.07, 6.45) is 4.62. The number of unbranched alkanes of at least 4 members (excludes halogenated alkanes) is 1. The maximum atomic E-state index is 5.59. The quantitative estimate of drug-likeness (QED) is 0.735. The van der Waals surface area contributed by atoms with Crippen LogP contribution in [0.5, 0.6) is 5.88 Å². The molecular weight excluding hydrogens is 246 g/mol. The summed E-state index contributed by atoms with van der Waals surface area (Å²) in [4.78, 5) is 8.69. The third-order valence-electron chi connectivity index (χ3n) is 2.25. The molecule has 102 valence electrons. The van der Waals surface area contributed by atoms with Crippen LogP contribution in [0.1, 0.15) is 32.4 Å². The predicted molar refractivity (Wildman–Crippen MR) is 78.6 cm³/mol. The Morgan fingerprint density at radius 1 is 1.33 bits per heavy atom. The maximum Gasteiger partial charge on any atom is 0.226 e. The van der Waals surface area contributed by atoms with Gasteiger partial charge in [0.25, 0.3) is 0 Å². The van der Waals surface area contributed by atoms with Gasteiger partial charge in [0.2, 0.25) is 11.8 Å². The molecule has 1 aromatic rings. The lowest BCUT2D eigenvalue weighted by atomic mass is 10.3. The summed E-state index contributed by atoms with van der Waals surface area (Å²) in [6, 6.07) is 1.86. The van der Waals surface area contributed by atoms with E-state index >= 15 is 0 Å². The first-order chi connectivity index (χ1) is 8.61. The molecular formula is C13H23N3OS. The Hall–Kier alpha value is -0.970. The smallest absolute Gasteiger partial charge is 0.226 e. The number of hydrogen-bond donors (Lipinski definition) is 1. The van der Waals surface area contributed by atoms with E-state index in [2.05, 4.69) is 21.5 Å². The van der Waals surface area contributed by atoms with Crippen molar-refractivity contribution in [2.75, 3.05) is 23.9 Å². The number of rotatable bonds is 8. The molecule has 0 fully saturated rings. The van der Waals surface area contributed by atoms with Crippen molar-refractivity contribution in [3.8, 4) is 5.88 Å². The average Bonchev–Trinajstić information content (AvgIpc) is 2.27. The van der Waals surface area contributed by atoms with Crippen LogP contribution in [0.2, 0.25) is 0 Å². The predicted octanol–water partition coefficient (Wildman–Crippen LogP) is 3.13. The Labute approximate surface area is 114 Å². The van der Waals surface area contributed by atoms with Gasteiger partial charge in [-0.25, -0.2) is 4.98 Å². The van der Waals surface area contributed by atoms with E-state index in [0.717, 1.165) is 18.7 Å². The molecule has 0 radical (unpaired) electrons. The zero-order valence-corrected chi connectivity index (χ0v) is 12.5. The minimum atomic E-state index is 0.133. The molecule has 0 aliphatic carbocycles. The summed E-state index contributed by atoms with van der Waals surface area (Å²) in [7, 11) is 0. The van der Waals surface area contributed by atoms with Gasteiger partial charge in [-0.05, 0) is 45.6 Å². The number of nitrogens with one attached hydrogen (secondary N) is 1. The van der Waals surface area contributed by atoms with Gasteiger partial charge >= 0.3 is 0 Å². The number of aromatic nitrogens is 2. The van der Waals surface area contributed by atoms with Gasteiger partial charge in [-0.1, -0.05) is 0 Å². The Morgan fingerprint density at radius 2 is 2.11 bits per heavy atom. The van der Waals surface area contributed by atoms with Crippen LogP contribution in [0.25, 0.3) is 0 Å². The lowest BCUT2D eigenvalue weighted by Gasteiger charge is -2.11. The number of aryl methyl sites for hydroxylation is 1. The number of thioether (sulfide) groups is 1. The molecule has 1 N–H and O–H groups in total. The van der Waals surface area contributed by atoms with Gasteiger partial charge in [-0.2, -0.15) is 16.7 Å². The highest BCUT2D eigenvalue weighted by Gasteiger charge is 2.04. The fourth-order valence-electron chi connectivity index (χ4n) is 1.49. The first-order valence-electron chi connectivity index (χ1n) is 6.37. The number of anilines is 1. The lowest BCUT2D eigenvalue weighted by Crippen LogP contribution is -2.11. The first kappa shape index (κ1) is 15.1. The van der Waals surface area contributed by atoms with Crippen LogP contribution in [0.4, 0.5) is 5.95 Å². The summed E-state index contributed by atoms with van der Waals surface area (Å²) in [5, 5.41) is 3.25. The van der Waals surface area contributed by atoms with E-state index in [1.807, 2.05) is 38.6 Å². The topological polar surface area (TPSA) is 47.0 Å². The molecule has 0 atom stereocenters. The van der Waals surface area contributed by atoms with E-state index in [9.17, 15) is 0 Å². The van der Waals surface area contributed by atoms with Crippen LogP contribution < -0.4 is 10.1 Å².